The monoisotopic (exact) mass is 366 g/mol. The minimum absolute atomic E-state index is 0.0258. The van der Waals surface area contributed by atoms with Crippen LogP contribution in [0.2, 0.25) is 0 Å². The third-order valence-electron chi connectivity index (χ3n) is 6.77. The van der Waals surface area contributed by atoms with Gasteiger partial charge in [-0.2, -0.15) is 0 Å². The van der Waals surface area contributed by atoms with Crippen molar-refractivity contribution in [3.8, 4) is 0 Å². The van der Waals surface area contributed by atoms with E-state index in [4.69, 9.17) is 0 Å². The van der Waals surface area contributed by atoms with E-state index in [-0.39, 0.29) is 16.7 Å². The molecule has 144 valence electrons. The number of likely N-dealkylation sites (N-methyl/N-ethyl adjacent to an activating group) is 1. The van der Waals surface area contributed by atoms with Crippen molar-refractivity contribution in [2.75, 3.05) is 13.6 Å². The Kier molecular flexibility index (Phi) is 4.57. The summed E-state index contributed by atoms with van der Waals surface area (Å²) in [5.41, 5.74) is 2.01. The van der Waals surface area contributed by atoms with Crippen molar-refractivity contribution in [3.63, 3.8) is 0 Å². The first-order valence-corrected chi connectivity index (χ1v) is 10.2. The molecule has 2 aliphatic carbocycles. The van der Waals surface area contributed by atoms with Crippen molar-refractivity contribution in [1.29, 1.82) is 0 Å². The van der Waals surface area contributed by atoms with Crippen molar-refractivity contribution in [3.05, 3.63) is 47.8 Å². The Hall–Kier alpha value is -2.17. The molecule has 2 saturated carbocycles. The van der Waals surface area contributed by atoms with E-state index in [0.717, 1.165) is 19.3 Å². The molecular weight excluding hydrogens is 336 g/mol. The molecule has 0 aliphatic heterocycles. The normalized spacial score (nSPS) is 24.6. The summed E-state index contributed by atoms with van der Waals surface area (Å²) in [5.74, 6) is -0.0323. The summed E-state index contributed by atoms with van der Waals surface area (Å²) in [6.07, 6.45) is 9.00. The summed E-state index contributed by atoms with van der Waals surface area (Å²) in [7, 11) is 1.89. The number of amides is 1. The van der Waals surface area contributed by atoms with Crippen LogP contribution in [0.15, 0.2) is 36.5 Å². The highest BCUT2D eigenvalue weighted by atomic mass is 16.2. The number of aromatic nitrogens is 3. The molecule has 1 amide bonds. The highest BCUT2D eigenvalue weighted by Gasteiger charge is 2.62. The van der Waals surface area contributed by atoms with Crippen molar-refractivity contribution < 1.29 is 4.79 Å². The van der Waals surface area contributed by atoms with E-state index in [1.807, 2.05) is 28.9 Å². The quantitative estimate of drug-likeness (QED) is 0.796. The minimum Gasteiger partial charge on any atom is -0.339 e. The lowest BCUT2D eigenvalue weighted by atomic mass is 9.87. The average Bonchev–Trinajstić information content (AvgIpc) is 3.03. The fourth-order valence-corrected chi connectivity index (χ4v) is 4.89. The lowest BCUT2D eigenvalue weighted by Gasteiger charge is -2.27. The maximum atomic E-state index is 13.0. The highest BCUT2D eigenvalue weighted by molar-refractivity contribution is 5.91. The smallest absolute Gasteiger partial charge is 0.275 e. The van der Waals surface area contributed by atoms with Gasteiger partial charge in [-0.1, -0.05) is 68.7 Å². The van der Waals surface area contributed by atoms with Crippen LogP contribution in [0.4, 0.5) is 0 Å². The number of hydrogen-bond acceptors (Lipinski definition) is 3. The van der Waals surface area contributed by atoms with Gasteiger partial charge in [-0.05, 0) is 30.2 Å². The van der Waals surface area contributed by atoms with Crippen molar-refractivity contribution in [2.24, 2.45) is 5.41 Å². The molecule has 0 N–H and O–H groups in total. The van der Waals surface area contributed by atoms with E-state index in [0.29, 0.717) is 18.3 Å². The summed E-state index contributed by atoms with van der Waals surface area (Å²) in [6, 6.07) is 11.0. The van der Waals surface area contributed by atoms with Crippen molar-refractivity contribution in [2.45, 2.75) is 63.8 Å². The average molecular weight is 367 g/mol. The van der Waals surface area contributed by atoms with Gasteiger partial charge in [0.25, 0.3) is 5.91 Å². The second-order valence-electron chi connectivity index (χ2n) is 9.05. The number of carbonyl (C=O) groups is 1. The Bertz CT molecular complexity index is 807. The number of nitrogens with zero attached hydrogens (tertiary/aromatic N) is 4. The standard InChI is InChI=1S/C22H30N4O/c1-21(2)15-22(21,17-10-6-4-7-11-17)16-25(3)20(27)19-14-26(24-23-19)18-12-8-5-9-13-18/h4,6-7,10-11,14,18H,5,8-9,12-13,15-16H2,1-3H3. The lowest BCUT2D eigenvalue weighted by molar-refractivity contribution is 0.0769. The Balaban J connectivity index is 1.49. The first-order valence-electron chi connectivity index (χ1n) is 10.2. The highest BCUT2D eigenvalue weighted by Crippen LogP contribution is 2.64. The Morgan fingerprint density at radius 3 is 2.48 bits per heavy atom. The van der Waals surface area contributed by atoms with Gasteiger partial charge in [0.1, 0.15) is 0 Å². The second-order valence-corrected chi connectivity index (χ2v) is 9.05. The van der Waals surface area contributed by atoms with Gasteiger partial charge in [0, 0.05) is 19.0 Å². The molecular formula is C22H30N4O. The fraction of sp³-hybridized carbons (Fsp3) is 0.591. The van der Waals surface area contributed by atoms with E-state index in [1.54, 1.807) is 0 Å². The Morgan fingerprint density at radius 2 is 1.85 bits per heavy atom. The summed E-state index contributed by atoms with van der Waals surface area (Å²) in [5, 5.41) is 8.46. The first-order chi connectivity index (χ1) is 12.9. The number of hydrogen-bond donors (Lipinski definition) is 0. The zero-order chi connectivity index (χ0) is 19.1. The van der Waals surface area contributed by atoms with Crippen LogP contribution >= 0.6 is 0 Å². The molecule has 2 aliphatic rings. The van der Waals surface area contributed by atoms with E-state index in [9.17, 15) is 4.79 Å². The molecule has 27 heavy (non-hydrogen) atoms. The number of rotatable bonds is 5. The third-order valence-corrected chi connectivity index (χ3v) is 6.77. The largest absolute Gasteiger partial charge is 0.339 e. The molecule has 2 aromatic rings. The molecule has 5 nitrogen and oxygen atoms in total. The van der Waals surface area contributed by atoms with Gasteiger partial charge in [0.15, 0.2) is 5.69 Å². The molecule has 2 fully saturated rings. The molecule has 1 aromatic carbocycles. The van der Waals surface area contributed by atoms with E-state index in [2.05, 4.69) is 48.4 Å². The van der Waals surface area contributed by atoms with Crippen molar-refractivity contribution >= 4 is 5.91 Å². The topological polar surface area (TPSA) is 51.0 Å². The summed E-state index contributed by atoms with van der Waals surface area (Å²) < 4.78 is 1.91. The second kappa shape index (κ2) is 6.77. The summed E-state index contributed by atoms with van der Waals surface area (Å²) in [4.78, 5) is 14.8. The SMILES string of the molecule is CN(CC1(c2ccccc2)CC1(C)C)C(=O)c1cn(C2CCCCC2)nn1. The van der Waals surface area contributed by atoms with E-state index < -0.39 is 0 Å². The van der Waals surface area contributed by atoms with E-state index >= 15 is 0 Å². The van der Waals surface area contributed by atoms with Crippen LogP contribution in [0, 0.1) is 5.41 Å². The summed E-state index contributed by atoms with van der Waals surface area (Å²) >= 11 is 0. The van der Waals surface area contributed by atoms with Crippen LogP contribution in [0.25, 0.3) is 0 Å². The van der Waals surface area contributed by atoms with Crippen molar-refractivity contribution in [1.82, 2.24) is 19.9 Å². The number of carbonyl (C=O) groups excluding carboxylic acids is 1. The molecule has 0 radical (unpaired) electrons. The predicted molar refractivity (Wildman–Crippen MR) is 106 cm³/mol. The van der Waals surface area contributed by atoms with Gasteiger partial charge in [-0.15, -0.1) is 5.10 Å². The molecule has 1 unspecified atom stereocenters. The van der Waals surface area contributed by atoms with Crippen LogP contribution in [-0.4, -0.2) is 39.4 Å². The van der Waals surface area contributed by atoms with Gasteiger partial charge in [0.05, 0.1) is 12.2 Å². The molecule has 1 aromatic heterocycles. The maximum absolute atomic E-state index is 13.0. The number of benzene rings is 1. The van der Waals surface area contributed by atoms with E-state index in [1.165, 1.54) is 24.8 Å². The Labute approximate surface area is 161 Å². The van der Waals surface area contributed by atoms with Crippen LogP contribution in [0.5, 0.6) is 0 Å². The van der Waals surface area contributed by atoms with Crippen LogP contribution in [0.3, 0.4) is 0 Å². The fourth-order valence-electron chi connectivity index (χ4n) is 4.89. The van der Waals surface area contributed by atoms with Crippen LogP contribution in [0.1, 0.15) is 74.5 Å². The zero-order valence-electron chi connectivity index (χ0n) is 16.7. The molecule has 0 saturated heterocycles. The predicted octanol–water partition coefficient (Wildman–Crippen LogP) is 4.22. The molecule has 0 bridgehead atoms. The Morgan fingerprint density at radius 1 is 1.19 bits per heavy atom. The van der Waals surface area contributed by atoms with Gasteiger partial charge in [-0.25, -0.2) is 4.68 Å². The van der Waals surface area contributed by atoms with Gasteiger partial charge < -0.3 is 4.90 Å². The molecule has 4 rings (SSSR count). The van der Waals surface area contributed by atoms with Crippen LogP contribution in [-0.2, 0) is 5.41 Å². The first kappa shape index (κ1) is 18.2. The minimum atomic E-state index is -0.0323. The molecule has 1 heterocycles. The molecule has 1 atom stereocenters. The zero-order valence-corrected chi connectivity index (χ0v) is 16.7. The third kappa shape index (κ3) is 3.28. The van der Waals surface area contributed by atoms with Gasteiger partial charge >= 0.3 is 0 Å². The molecule has 0 spiro atoms. The maximum Gasteiger partial charge on any atom is 0.275 e. The van der Waals surface area contributed by atoms with Gasteiger partial charge in [0.2, 0.25) is 0 Å². The van der Waals surface area contributed by atoms with Gasteiger partial charge in [-0.3, -0.25) is 4.79 Å². The van der Waals surface area contributed by atoms with Crippen LogP contribution < -0.4 is 0 Å². The summed E-state index contributed by atoms with van der Waals surface area (Å²) in [6.45, 7) is 5.29. The lowest BCUT2D eigenvalue weighted by Crippen LogP contribution is -2.36. The molecule has 5 heteroatoms.